The summed E-state index contributed by atoms with van der Waals surface area (Å²) < 4.78 is 10.3. The normalized spacial score (nSPS) is 9.84. The molecule has 0 aliphatic heterocycles. The minimum atomic E-state index is -0.268. The van der Waals surface area contributed by atoms with Gasteiger partial charge in [-0.2, -0.15) is 10.5 Å². The summed E-state index contributed by atoms with van der Waals surface area (Å²) in [4.78, 5) is 11.9. The Morgan fingerprint density at radius 3 is 1.96 bits per heavy atom. The monoisotopic (exact) mass is 333 g/mol. The van der Waals surface area contributed by atoms with E-state index < -0.39 is 0 Å². The van der Waals surface area contributed by atoms with E-state index in [9.17, 15) is 4.79 Å². The van der Waals surface area contributed by atoms with E-state index in [-0.39, 0.29) is 19.1 Å². The molecule has 2 aromatic carbocycles. The van der Waals surface area contributed by atoms with Crippen LogP contribution in [0.2, 0.25) is 0 Å². The highest BCUT2D eigenvalue weighted by molar-refractivity contribution is 6.01. The Morgan fingerprint density at radius 2 is 1.44 bits per heavy atom. The lowest BCUT2D eigenvalue weighted by molar-refractivity contribution is -0.111. The van der Waals surface area contributed by atoms with E-state index in [2.05, 4.69) is 5.32 Å². The number of ether oxygens (including phenoxy) is 2. The van der Waals surface area contributed by atoms with E-state index in [1.807, 2.05) is 12.1 Å². The first-order valence-corrected chi connectivity index (χ1v) is 7.40. The number of nitrogens with zero attached hydrogens (tertiary/aromatic N) is 2. The summed E-state index contributed by atoms with van der Waals surface area (Å²) >= 11 is 0. The highest BCUT2D eigenvalue weighted by Crippen LogP contribution is 2.16. The van der Waals surface area contributed by atoms with Gasteiger partial charge in [-0.05, 0) is 48.0 Å². The van der Waals surface area contributed by atoms with Crippen LogP contribution in [0.5, 0.6) is 11.5 Å². The maximum Gasteiger partial charge on any atom is 0.248 e. The van der Waals surface area contributed by atoms with E-state index >= 15 is 0 Å². The highest BCUT2D eigenvalue weighted by atomic mass is 16.5. The fourth-order valence-electron chi connectivity index (χ4n) is 1.90. The number of benzene rings is 2. The zero-order valence-corrected chi connectivity index (χ0v) is 13.3. The molecule has 0 bridgehead atoms. The van der Waals surface area contributed by atoms with Crippen molar-refractivity contribution in [1.82, 2.24) is 0 Å². The van der Waals surface area contributed by atoms with Crippen molar-refractivity contribution < 1.29 is 14.3 Å². The van der Waals surface area contributed by atoms with Crippen LogP contribution in [0.15, 0.2) is 54.6 Å². The van der Waals surface area contributed by atoms with Crippen LogP contribution in [0, 0.1) is 22.7 Å². The van der Waals surface area contributed by atoms with Gasteiger partial charge in [0, 0.05) is 11.8 Å². The maximum absolute atomic E-state index is 11.9. The van der Waals surface area contributed by atoms with Gasteiger partial charge in [-0.25, -0.2) is 0 Å². The topological polar surface area (TPSA) is 95.1 Å². The number of anilines is 1. The number of hydrogen-bond acceptors (Lipinski definition) is 5. The first-order valence-electron chi connectivity index (χ1n) is 7.40. The lowest BCUT2D eigenvalue weighted by Gasteiger charge is -2.05. The number of carbonyl (C=O) groups is 1. The molecule has 25 heavy (non-hydrogen) atoms. The Labute approximate surface area is 145 Å². The molecular weight excluding hydrogens is 318 g/mol. The Bertz CT molecular complexity index is 813. The number of carbonyl (C=O) groups excluding carboxylic acids is 1. The number of rotatable bonds is 7. The summed E-state index contributed by atoms with van der Waals surface area (Å²) in [5.74, 6) is 0.895. The predicted molar refractivity (Wildman–Crippen MR) is 92.8 cm³/mol. The lowest BCUT2D eigenvalue weighted by Crippen LogP contribution is -2.07. The molecule has 0 fully saturated rings. The summed E-state index contributed by atoms with van der Waals surface area (Å²) in [5, 5.41) is 19.6. The molecule has 0 unspecified atom stereocenters. The van der Waals surface area contributed by atoms with Crippen LogP contribution in [0.25, 0.3) is 6.08 Å². The van der Waals surface area contributed by atoms with Crippen molar-refractivity contribution in [2.24, 2.45) is 0 Å². The molecule has 124 valence electrons. The van der Waals surface area contributed by atoms with Crippen LogP contribution in [-0.4, -0.2) is 19.1 Å². The molecule has 0 saturated heterocycles. The third-order valence-corrected chi connectivity index (χ3v) is 3.04. The first-order chi connectivity index (χ1) is 12.2. The minimum Gasteiger partial charge on any atom is -0.479 e. The first kappa shape index (κ1) is 17.6. The largest absolute Gasteiger partial charge is 0.479 e. The third kappa shape index (κ3) is 6.09. The minimum absolute atomic E-state index is 0.00205. The molecule has 0 aliphatic carbocycles. The van der Waals surface area contributed by atoms with Crippen LogP contribution in [0.3, 0.4) is 0 Å². The van der Waals surface area contributed by atoms with Crippen molar-refractivity contribution in [2.75, 3.05) is 18.5 Å². The predicted octanol–water partition coefficient (Wildman–Crippen LogP) is 3.14. The van der Waals surface area contributed by atoms with Gasteiger partial charge < -0.3 is 14.8 Å². The number of nitrogens with one attached hydrogen (secondary N) is 1. The molecular formula is C19H15N3O3. The SMILES string of the molecule is N#CCOc1ccc(/C=C/C(=O)Nc2ccc(OCC#N)cc2)cc1. The quantitative estimate of drug-likeness (QED) is 0.785. The van der Waals surface area contributed by atoms with Crippen molar-refractivity contribution in [3.8, 4) is 23.6 Å². The molecule has 0 atom stereocenters. The Kier molecular flexibility index (Phi) is 6.60. The second kappa shape index (κ2) is 9.39. The van der Waals surface area contributed by atoms with Crippen molar-refractivity contribution in [1.29, 1.82) is 10.5 Å². The van der Waals surface area contributed by atoms with Crippen LogP contribution >= 0.6 is 0 Å². The standard InChI is InChI=1S/C19H15N3O3/c20-11-13-24-17-6-1-15(2-7-17)3-10-19(23)22-16-4-8-18(9-5-16)25-14-12-21/h1-10H,13-14H2,(H,22,23)/b10-3+. The molecule has 1 N–H and O–H groups in total. The highest BCUT2D eigenvalue weighted by Gasteiger charge is 1.99. The molecule has 0 aliphatic rings. The number of amides is 1. The van der Waals surface area contributed by atoms with Crippen molar-refractivity contribution in [3.05, 3.63) is 60.2 Å². The van der Waals surface area contributed by atoms with Gasteiger partial charge in [-0.15, -0.1) is 0 Å². The van der Waals surface area contributed by atoms with Crippen molar-refractivity contribution >= 4 is 17.7 Å². The van der Waals surface area contributed by atoms with Gasteiger partial charge in [0.2, 0.25) is 5.91 Å². The summed E-state index contributed by atoms with van der Waals surface area (Å²) in [6, 6.07) is 17.6. The fourth-order valence-corrected chi connectivity index (χ4v) is 1.90. The average molecular weight is 333 g/mol. The molecule has 0 aromatic heterocycles. The molecule has 0 spiro atoms. The Balaban J connectivity index is 1.88. The summed E-state index contributed by atoms with van der Waals surface area (Å²) in [6.45, 7) is -0.0211. The molecule has 0 saturated carbocycles. The van der Waals surface area contributed by atoms with Gasteiger partial charge in [0.05, 0.1) is 0 Å². The molecule has 6 nitrogen and oxygen atoms in total. The fraction of sp³-hybridized carbons (Fsp3) is 0.105. The molecule has 6 heteroatoms. The van der Waals surface area contributed by atoms with Crippen LogP contribution in [0.1, 0.15) is 5.56 Å². The number of nitriles is 2. The number of hydrogen-bond donors (Lipinski definition) is 1. The van der Waals surface area contributed by atoms with Gasteiger partial charge in [0.1, 0.15) is 23.6 Å². The second-order valence-corrected chi connectivity index (χ2v) is 4.81. The van der Waals surface area contributed by atoms with Crippen molar-refractivity contribution in [2.45, 2.75) is 0 Å². The average Bonchev–Trinajstić information content (AvgIpc) is 2.65. The van der Waals surface area contributed by atoms with Crippen LogP contribution in [0.4, 0.5) is 5.69 Å². The Hall–Kier alpha value is -3.77. The summed E-state index contributed by atoms with van der Waals surface area (Å²) in [6.07, 6.45) is 3.10. The smallest absolute Gasteiger partial charge is 0.248 e. The molecule has 1 amide bonds. The van der Waals surface area contributed by atoms with Gasteiger partial charge in [0.15, 0.2) is 13.2 Å². The van der Waals surface area contributed by atoms with E-state index in [4.69, 9.17) is 20.0 Å². The molecule has 2 aromatic rings. The van der Waals surface area contributed by atoms with Crippen LogP contribution < -0.4 is 14.8 Å². The van der Waals surface area contributed by atoms with Gasteiger partial charge in [0.25, 0.3) is 0 Å². The van der Waals surface area contributed by atoms with E-state index in [0.29, 0.717) is 17.2 Å². The van der Waals surface area contributed by atoms with Gasteiger partial charge >= 0.3 is 0 Å². The lowest BCUT2D eigenvalue weighted by atomic mass is 10.2. The zero-order valence-electron chi connectivity index (χ0n) is 13.3. The van der Waals surface area contributed by atoms with Crippen molar-refractivity contribution in [3.63, 3.8) is 0 Å². The zero-order chi connectivity index (χ0) is 17.9. The second-order valence-electron chi connectivity index (χ2n) is 4.81. The Morgan fingerprint density at radius 1 is 0.920 bits per heavy atom. The van der Waals surface area contributed by atoms with E-state index in [0.717, 1.165) is 5.56 Å². The summed E-state index contributed by atoms with van der Waals surface area (Å²) in [7, 11) is 0. The van der Waals surface area contributed by atoms with Gasteiger partial charge in [-0.1, -0.05) is 12.1 Å². The van der Waals surface area contributed by atoms with Crippen LogP contribution in [-0.2, 0) is 4.79 Å². The third-order valence-electron chi connectivity index (χ3n) is 3.04. The molecule has 0 radical (unpaired) electrons. The molecule has 0 heterocycles. The maximum atomic E-state index is 11.9. The molecule has 2 rings (SSSR count). The van der Waals surface area contributed by atoms with Gasteiger partial charge in [-0.3, -0.25) is 4.79 Å². The van der Waals surface area contributed by atoms with E-state index in [1.54, 1.807) is 54.6 Å². The summed E-state index contributed by atoms with van der Waals surface area (Å²) in [5.41, 5.74) is 1.46. The van der Waals surface area contributed by atoms with E-state index in [1.165, 1.54) is 6.08 Å².